The van der Waals surface area contributed by atoms with Crippen LogP contribution in [0.3, 0.4) is 0 Å². The van der Waals surface area contributed by atoms with Gasteiger partial charge in [0.2, 0.25) is 11.8 Å². The molecule has 0 spiro atoms. The summed E-state index contributed by atoms with van der Waals surface area (Å²) in [5.41, 5.74) is 0.815. The summed E-state index contributed by atoms with van der Waals surface area (Å²) < 4.78 is 5.69. The highest BCUT2D eigenvalue weighted by Crippen LogP contribution is 2.24. The quantitative estimate of drug-likeness (QED) is 0.382. The zero-order valence-corrected chi connectivity index (χ0v) is 20.9. The van der Waals surface area contributed by atoms with Crippen LogP contribution >= 0.6 is 34.8 Å². The molecule has 2 aromatic carbocycles. The molecule has 0 aliphatic heterocycles. The van der Waals surface area contributed by atoms with E-state index in [1.54, 1.807) is 48.2 Å². The van der Waals surface area contributed by atoms with Crippen LogP contribution in [0.4, 0.5) is 0 Å². The van der Waals surface area contributed by atoms with Crippen LogP contribution in [0.2, 0.25) is 15.1 Å². The van der Waals surface area contributed by atoms with Gasteiger partial charge in [0.25, 0.3) is 0 Å². The molecule has 1 aliphatic carbocycles. The predicted molar refractivity (Wildman–Crippen MR) is 133 cm³/mol. The SMILES string of the molecule is C[C@H](C(=O)NC1CCCC1)N(Cc1ccc(Cl)c(Cl)c1)C(=O)CCCOc1ccc(Cl)cc1. The molecule has 5 nitrogen and oxygen atoms in total. The maximum Gasteiger partial charge on any atom is 0.242 e. The summed E-state index contributed by atoms with van der Waals surface area (Å²) in [7, 11) is 0. The lowest BCUT2D eigenvalue weighted by atomic mass is 10.1. The number of halogens is 3. The van der Waals surface area contributed by atoms with Crippen LogP contribution in [-0.4, -0.2) is 35.4 Å². The normalized spacial score (nSPS) is 14.7. The summed E-state index contributed by atoms with van der Waals surface area (Å²) in [6.07, 6.45) is 5.01. The van der Waals surface area contributed by atoms with Crippen LogP contribution in [0.15, 0.2) is 42.5 Å². The van der Waals surface area contributed by atoms with Crippen molar-refractivity contribution in [2.75, 3.05) is 6.61 Å². The van der Waals surface area contributed by atoms with Crippen LogP contribution in [0.1, 0.15) is 51.0 Å². The summed E-state index contributed by atoms with van der Waals surface area (Å²) >= 11 is 18.1. The first kappa shape index (κ1) is 25.7. The second kappa shape index (κ2) is 12.5. The molecule has 33 heavy (non-hydrogen) atoms. The Hall–Kier alpha value is -1.95. The third kappa shape index (κ3) is 7.80. The average Bonchev–Trinajstić information content (AvgIpc) is 3.31. The summed E-state index contributed by atoms with van der Waals surface area (Å²) in [4.78, 5) is 27.7. The van der Waals surface area contributed by atoms with Gasteiger partial charge in [-0.2, -0.15) is 0 Å². The number of carbonyl (C=O) groups excluding carboxylic acids is 2. The number of hydrogen-bond acceptors (Lipinski definition) is 3. The smallest absolute Gasteiger partial charge is 0.242 e. The van der Waals surface area contributed by atoms with Crippen molar-refractivity contribution in [2.45, 2.75) is 64.1 Å². The lowest BCUT2D eigenvalue weighted by Gasteiger charge is -2.30. The van der Waals surface area contributed by atoms with Gasteiger partial charge in [-0.15, -0.1) is 0 Å². The molecule has 0 radical (unpaired) electrons. The van der Waals surface area contributed by atoms with Crippen molar-refractivity contribution in [3.05, 3.63) is 63.1 Å². The van der Waals surface area contributed by atoms with E-state index in [4.69, 9.17) is 39.5 Å². The van der Waals surface area contributed by atoms with Gasteiger partial charge in [-0.25, -0.2) is 0 Å². The van der Waals surface area contributed by atoms with Gasteiger partial charge in [0, 0.05) is 24.0 Å². The van der Waals surface area contributed by atoms with Crippen molar-refractivity contribution in [2.24, 2.45) is 0 Å². The van der Waals surface area contributed by atoms with Crippen molar-refractivity contribution in [1.29, 1.82) is 0 Å². The fourth-order valence-corrected chi connectivity index (χ4v) is 4.34. The lowest BCUT2D eigenvalue weighted by molar-refractivity contribution is -0.141. The summed E-state index contributed by atoms with van der Waals surface area (Å²) in [6.45, 7) is 2.42. The van der Waals surface area contributed by atoms with Gasteiger partial charge in [0.15, 0.2) is 0 Å². The predicted octanol–water partition coefficient (Wildman–Crippen LogP) is 6.28. The molecule has 8 heteroatoms. The van der Waals surface area contributed by atoms with Crippen molar-refractivity contribution in [3.63, 3.8) is 0 Å². The highest BCUT2D eigenvalue weighted by atomic mass is 35.5. The molecule has 1 saturated carbocycles. The molecule has 3 rings (SSSR count). The Bertz CT molecular complexity index is 946. The number of nitrogens with one attached hydrogen (secondary N) is 1. The number of rotatable bonds is 10. The molecule has 0 unspecified atom stereocenters. The van der Waals surface area contributed by atoms with Crippen LogP contribution in [0.5, 0.6) is 5.75 Å². The molecule has 0 saturated heterocycles. The van der Waals surface area contributed by atoms with Crippen LogP contribution in [-0.2, 0) is 16.1 Å². The van der Waals surface area contributed by atoms with Gasteiger partial charge in [-0.05, 0) is 68.1 Å². The minimum Gasteiger partial charge on any atom is -0.494 e. The number of amides is 2. The summed E-state index contributed by atoms with van der Waals surface area (Å²) in [6, 6.07) is 11.9. The van der Waals surface area contributed by atoms with E-state index in [2.05, 4.69) is 5.32 Å². The molecular formula is C25H29Cl3N2O3. The molecule has 2 amide bonds. The van der Waals surface area contributed by atoms with Gasteiger partial charge in [0.05, 0.1) is 16.7 Å². The van der Waals surface area contributed by atoms with E-state index in [0.717, 1.165) is 31.2 Å². The average molecular weight is 512 g/mol. The third-order valence-corrected chi connectivity index (χ3v) is 6.81. The fourth-order valence-electron chi connectivity index (χ4n) is 3.90. The van der Waals surface area contributed by atoms with Gasteiger partial charge >= 0.3 is 0 Å². The Morgan fingerprint density at radius 3 is 2.42 bits per heavy atom. The molecule has 1 N–H and O–H groups in total. The minimum atomic E-state index is -0.607. The van der Waals surface area contributed by atoms with Crippen LogP contribution in [0, 0.1) is 0 Å². The molecular weight excluding hydrogens is 483 g/mol. The topological polar surface area (TPSA) is 58.6 Å². The third-order valence-electron chi connectivity index (χ3n) is 5.82. The summed E-state index contributed by atoms with van der Waals surface area (Å²) in [5, 5.41) is 4.60. The number of carbonyl (C=O) groups is 2. The lowest BCUT2D eigenvalue weighted by Crippen LogP contribution is -2.49. The Kier molecular flexibility index (Phi) is 9.72. The first-order chi connectivity index (χ1) is 15.8. The molecule has 0 bridgehead atoms. The molecule has 2 aromatic rings. The minimum absolute atomic E-state index is 0.116. The summed E-state index contributed by atoms with van der Waals surface area (Å²) in [5.74, 6) is 0.450. The molecule has 0 aromatic heterocycles. The van der Waals surface area contributed by atoms with Gasteiger partial charge < -0.3 is 15.0 Å². The fraction of sp³-hybridized carbons (Fsp3) is 0.440. The molecule has 1 atom stereocenters. The Morgan fingerprint density at radius 2 is 1.76 bits per heavy atom. The van der Waals surface area contributed by atoms with E-state index >= 15 is 0 Å². The van der Waals surface area contributed by atoms with E-state index < -0.39 is 6.04 Å². The number of hydrogen-bond donors (Lipinski definition) is 1. The largest absolute Gasteiger partial charge is 0.494 e. The van der Waals surface area contributed by atoms with Crippen LogP contribution in [0.25, 0.3) is 0 Å². The maximum absolute atomic E-state index is 13.2. The number of nitrogens with zero attached hydrogens (tertiary/aromatic N) is 1. The van der Waals surface area contributed by atoms with E-state index in [9.17, 15) is 9.59 Å². The van der Waals surface area contributed by atoms with Crippen molar-refractivity contribution in [3.8, 4) is 5.75 Å². The van der Waals surface area contributed by atoms with E-state index in [0.29, 0.717) is 33.8 Å². The first-order valence-corrected chi connectivity index (χ1v) is 12.4. The van der Waals surface area contributed by atoms with Gasteiger partial charge in [-0.1, -0.05) is 53.7 Å². The van der Waals surface area contributed by atoms with Crippen molar-refractivity contribution in [1.82, 2.24) is 10.2 Å². The monoisotopic (exact) mass is 510 g/mol. The standard InChI is InChI=1S/C25H29Cl3N2O3/c1-17(25(32)29-20-5-2-3-6-20)30(16-18-8-13-22(27)23(28)15-18)24(31)7-4-14-33-21-11-9-19(26)10-12-21/h8-13,15,17,20H,2-7,14,16H2,1H3,(H,29,32)/t17-/m1/s1. The highest BCUT2D eigenvalue weighted by Gasteiger charge is 2.28. The molecule has 1 aliphatic rings. The number of benzene rings is 2. The van der Waals surface area contributed by atoms with Crippen LogP contribution < -0.4 is 10.1 Å². The second-order valence-electron chi connectivity index (χ2n) is 8.34. The second-order valence-corrected chi connectivity index (χ2v) is 9.59. The first-order valence-electron chi connectivity index (χ1n) is 11.3. The van der Waals surface area contributed by atoms with E-state index in [1.807, 2.05) is 6.07 Å². The number of ether oxygens (including phenoxy) is 1. The zero-order valence-electron chi connectivity index (χ0n) is 18.7. The zero-order chi connectivity index (χ0) is 23.8. The Labute approximate surface area is 210 Å². The van der Waals surface area contributed by atoms with Gasteiger partial charge in [0.1, 0.15) is 11.8 Å². The van der Waals surface area contributed by atoms with E-state index in [1.165, 1.54) is 0 Å². The maximum atomic E-state index is 13.2. The van der Waals surface area contributed by atoms with E-state index in [-0.39, 0.29) is 30.8 Å². The van der Waals surface area contributed by atoms with Gasteiger partial charge in [-0.3, -0.25) is 9.59 Å². The molecule has 1 fully saturated rings. The highest BCUT2D eigenvalue weighted by molar-refractivity contribution is 6.42. The molecule has 178 valence electrons. The van der Waals surface area contributed by atoms with Crippen molar-refractivity contribution >= 4 is 46.6 Å². The Morgan fingerprint density at radius 1 is 1.06 bits per heavy atom. The van der Waals surface area contributed by atoms with Crippen molar-refractivity contribution < 1.29 is 14.3 Å². The Balaban J connectivity index is 1.62. The molecule has 0 heterocycles.